The Hall–Kier alpha value is -2.44. The molecule has 28 heavy (non-hydrogen) atoms. The summed E-state index contributed by atoms with van der Waals surface area (Å²) in [7, 11) is 1.94. The standard InChI is InChI=1S/C22H26N4OS/c1-15-5-7-16(8-6-15)13-23-17-9-10-20-19(12-17)21(25-26(20)2)22(27)24-14-18-4-3-11-28-18/h3-8,11,17,23H,9-10,12-14H2,1-2H3,(H,24,27). The van der Waals surface area contributed by atoms with Crippen molar-refractivity contribution >= 4 is 17.2 Å². The van der Waals surface area contributed by atoms with Gasteiger partial charge in [0.2, 0.25) is 0 Å². The molecule has 0 radical (unpaired) electrons. The second-order valence-electron chi connectivity index (χ2n) is 7.47. The number of thiophene rings is 1. The van der Waals surface area contributed by atoms with Gasteiger partial charge in [0.25, 0.3) is 5.91 Å². The summed E-state index contributed by atoms with van der Waals surface area (Å²) < 4.78 is 1.88. The average molecular weight is 395 g/mol. The largest absolute Gasteiger partial charge is 0.346 e. The molecule has 4 rings (SSSR count). The first-order valence-electron chi connectivity index (χ1n) is 9.74. The van der Waals surface area contributed by atoms with Gasteiger partial charge in [-0.3, -0.25) is 9.48 Å². The molecule has 1 aliphatic rings. The number of aryl methyl sites for hydroxylation is 2. The van der Waals surface area contributed by atoms with Crippen LogP contribution in [-0.2, 0) is 33.0 Å². The van der Waals surface area contributed by atoms with Crippen molar-refractivity contribution in [2.75, 3.05) is 0 Å². The van der Waals surface area contributed by atoms with Crippen LogP contribution in [-0.4, -0.2) is 21.7 Å². The molecular weight excluding hydrogens is 368 g/mol. The fraction of sp³-hybridized carbons (Fsp3) is 0.364. The highest BCUT2D eigenvalue weighted by Crippen LogP contribution is 2.25. The zero-order valence-corrected chi connectivity index (χ0v) is 17.2. The predicted molar refractivity (Wildman–Crippen MR) is 113 cm³/mol. The molecule has 1 unspecified atom stereocenters. The molecule has 146 valence electrons. The first-order chi connectivity index (χ1) is 13.6. The Morgan fingerprint density at radius 2 is 2.07 bits per heavy atom. The van der Waals surface area contributed by atoms with Gasteiger partial charge in [0.1, 0.15) is 0 Å². The molecule has 6 heteroatoms. The maximum atomic E-state index is 12.7. The number of nitrogens with one attached hydrogen (secondary N) is 2. The van der Waals surface area contributed by atoms with Crippen molar-refractivity contribution in [3.8, 4) is 0 Å². The van der Waals surface area contributed by atoms with E-state index >= 15 is 0 Å². The summed E-state index contributed by atoms with van der Waals surface area (Å²) >= 11 is 1.65. The third-order valence-electron chi connectivity index (χ3n) is 5.39. The lowest BCUT2D eigenvalue weighted by atomic mass is 9.91. The van der Waals surface area contributed by atoms with Crippen molar-refractivity contribution in [3.05, 3.63) is 74.7 Å². The zero-order chi connectivity index (χ0) is 19.5. The number of fused-ring (bicyclic) bond motifs is 1. The van der Waals surface area contributed by atoms with E-state index in [9.17, 15) is 4.79 Å². The molecule has 0 fully saturated rings. The van der Waals surface area contributed by atoms with Crippen LogP contribution in [0.15, 0.2) is 41.8 Å². The van der Waals surface area contributed by atoms with E-state index < -0.39 is 0 Å². The maximum Gasteiger partial charge on any atom is 0.272 e. The van der Waals surface area contributed by atoms with E-state index in [1.807, 2.05) is 29.2 Å². The lowest BCUT2D eigenvalue weighted by Gasteiger charge is -2.24. The van der Waals surface area contributed by atoms with E-state index in [2.05, 4.69) is 46.9 Å². The molecule has 0 spiro atoms. The third-order valence-corrected chi connectivity index (χ3v) is 6.27. The van der Waals surface area contributed by atoms with Gasteiger partial charge >= 0.3 is 0 Å². The zero-order valence-electron chi connectivity index (χ0n) is 16.4. The number of hydrogen-bond acceptors (Lipinski definition) is 4. The second kappa shape index (κ2) is 8.29. The van der Waals surface area contributed by atoms with Crippen molar-refractivity contribution in [2.45, 2.75) is 45.3 Å². The van der Waals surface area contributed by atoms with Crippen molar-refractivity contribution < 1.29 is 4.79 Å². The highest BCUT2D eigenvalue weighted by atomic mass is 32.1. The number of benzene rings is 1. The highest BCUT2D eigenvalue weighted by Gasteiger charge is 2.28. The molecule has 0 saturated heterocycles. The number of carbonyl (C=O) groups is 1. The maximum absolute atomic E-state index is 12.7. The normalized spacial score (nSPS) is 16.0. The number of hydrogen-bond donors (Lipinski definition) is 2. The van der Waals surface area contributed by atoms with Crippen molar-refractivity contribution in [1.29, 1.82) is 0 Å². The van der Waals surface area contributed by atoms with Gasteiger partial charge in [-0.15, -0.1) is 11.3 Å². The SMILES string of the molecule is Cc1ccc(CNC2CCc3c(c(C(=O)NCc4cccs4)nn3C)C2)cc1. The monoisotopic (exact) mass is 394 g/mol. The molecular formula is C22H26N4OS. The van der Waals surface area contributed by atoms with Gasteiger partial charge in [-0.2, -0.15) is 5.10 Å². The highest BCUT2D eigenvalue weighted by molar-refractivity contribution is 7.09. The number of amides is 1. The summed E-state index contributed by atoms with van der Waals surface area (Å²) in [5.74, 6) is -0.0792. The fourth-order valence-electron chi connectivity index (χ4n) is 3.78. The molecule has 5 nitrogen and oxygen atoms in total. The molecule has 2 aromatic heterocycles. The van der Waals surface area contributed by atoms with Gasteiger partial charge in [0.15, 0.2) is 5.69 Å². The fourth-order valence-corrected chi connectivity index (χ4v) is 4.42. The van der Waals surface area contributed by atoms with Crippen molar-refractivity contribution in [1.82, 2.24) is 20.4 Å². The van der Waals surface area contributed by atoms with Crippen LogP contribution < -0.4 is 10.6 Å². The van der Waals surface area contributed by atoms with Gasteiger partial charge in [0, 0.05) is 35.8 Å². The van der Waals surface area contributed by atoms with E-state index in [4.69, 9.17) is 0 Å². The summed E-state index contributed by atoms with van der Waals surface area (Å²) in [6.07, 6.45) is 2.86. The molecule has 2 heterocycles. The minimum Gasteiger partial charge on any atom is -0.346 e. The summed E-state index contributed by atoms with van der Waals surface area (Å²) in [6, 6.07) is 13.0. The van der Waals surface area contributed by atoms with Gasteiger partial charge in [-0.05, 0) is 43.2 Å². The lowest BCUT2D eigenvalue weighted by molar-refractivity contribution is 0.0944. The van der Waals surface area contributed by atoms with Crippen molar-refractivity contribution in [2.24, 2.45) is 7.05 Å². The van der Waals surface area contributed by atoms with Gasteiger partial charge < -0.3 is 10.6 Å². The van der Waals surface area contributed by atoms with Crippen LogP contribution in [0.2, 0.25) is 0 Å². The van der Waals surface area contributed by atoms with Crippen LogP contribution >= 0.6 is 11.3 Å². The Labute approximate surface area is 169 Å². The van der Waals surface area contributed by atoms with Crippen LogP contribution in [0.4, 0.5) is 0 Å². The van der Waals surface area contributed by atoms with E-state index in [0.717, 1.165) is 36.2 Å². The summed E-state index contributed by atoms with van der Waals surface area (Å²) in [4.78, 5) is 13.9. The van der Waals surface area contributed by atoms with Crippen LogP contribution in [0, 0.1) is 6.92 Å². The number of carbonyl (C=O) groups excluding carboxylic acids is 1. The molecule has 1 aliphatic carbocycles. The average Bonchev–Trinajstić information content (AvgIpc) is 3.34. The smallest absolute Gasteiger partial charge is 0.272 e. The Morgan fingerprint density at radius 1 is 1.25 bits per heavy atom. The van der Waals surface area contributed by atoms with E-state index in [-0.39, 0.29) is 5.91 Å². The van der Waals surface area contributed by atoms with Gasteiger partial charge in [-0.1, -0.05) is 35.9 Å². The summed E-state index contributed by atoms with van der Waals surface area (Å²) in [5, 5.41) is 13.2. The van der Waals surface area contributed by atoms with E-state index in [1.54, 1.807) is 11.3 Å². The first kappa shape index (κ1) is 18.9. The van der Waals surface area contributed by atoms with Gasteiger partial charge in [0.05, 0.1) is 6.54 Å². The van der Waals surface area contributed by atoms with Crippen molar-refractivity contribution in [3.63, 3.8) is 0 Å². The minimum atomic E-state index is -0.0792. The number of rotatable bonds is 6. The number of nitrogens with zero attached hydrogens (tertiary/aromatic N) is 2. The molecule has 1 amide bonds. The molecule has 1 aromatic carbocycles. The van der Waals surface area contributed by atoms with Crippen LogP contribution in [0.1, 0.15) is 44.2 Å². The number of aromatic nitrogens is 2. The Morgan fingerprint density at radius 3 is 2.82 bits per heavy atom. The van der Waals surface area contributed by atoms with Crippen LogP contribution in [0.3, 0.4) is 0 Å². The molecule has 0 bridgehead atoms. The Kier molecular flexibility index (Phi) is 5.59. The topological polar surface area (TPSA) is 59.0 Å². The lowest BCUT2D eigenvalue weighted by Crippen LogP contribution is -2.35. The Balaban J connectivity index is 1.42. The quantitative estimate of drug-likeness (QED) is 0.674. The molecule has 0 aliphatic heterocycles. The Bertz CT molecular complexity index is 944. The third kappa shape index (κ3) is 4.18. The molecule has 0 saturated carbocycles. The van der Waals surface area contributed by atoms with Crippen LogP contribution in [0.5, 0.6) is 0 Å². The minimum absolute atomic E-state index is 0.0792. The molecule has 3 aromatic rings. The summed E-state index contributed by atoms with van der Waals surface area (Å²) in [6.45, 7) is 3.50. The molecule has 1 atom stereocenters. The van der Waals surface area contributed by atoms with E-state index in [0.29, 0.717) is 18.3 Å². The summed E-state index contributed by atoms with van der Waals surface area (Å²) in [5.41, 5.74) is 5.43. The second-order valence-corrected chi connectivity index (χ2v) is 8.50. The first-order valence-corrected chi connectivity index (χ1v) is 10.6. The van der Waals surface area contributed by atoms with E-state index in [1.165, 1.54) is 16.8 Å². The van der Waals surface area contributed by atoms with Gasteiger partial charge in [-0.25, -0.2) is 0 Å². The molecule has 2 N–H and O–H groups in total. The van der Waals surface area contributed by atoms with Crippen LogP contribution in [0.25, 0.3) is 0 Å². The predicted octanol–water partition coefficient (Wildman–Crippen LogP) is 3.37.